The highest BCUT2D eigenvalue weighted by Crippen LogP contribution is 2.36. The Bertz CT molecular complexity index is 611. The Morgan fingerprint density at radius 1 is 1.38 bits per heavy atom. The third-order valence-corrected chi connectivity index (χ3v) is 5.48. The first-order valence-electron chi connectivity index (χ1n) is 7.33. The maximum Gasteiger partial charge on any atom is 0.105 e. The van der Waals surface area contributed by atoms with Crippen molar-refractivity contribution in [2.24, 2.45) is 5.73 Å². The molecule has 0 spiro atoms. The van der Waals surface area contributed by atoms with Crippen molar-refractivity contribution >= 4 is 11.8 Å². The Balaban J connectivity index is 2.00. The van der Waals surface area contributed by atoms with E-state index in [2.05, 4.69) is 19.1 Å². The fourth-order valence-electron chi connectivity index (χ4n) is 2.65. The van der Waals surface area contributed by atoms with Gasteiger partial charge in [0.2, 0.25) is 0 Å². The molecule has 2 aromatic rings. The van der Waals surface area contributed by atoms with Crippen molar-refractivity contribution in [2.75, 3.05) is 6.61 Å². The predicted octanol–water partition coefficient (Wildman–Crippen LogP) is 2.91. The number of ether oxygens (including phenoxy) is 1. The van der Waals surface area contributed by atoms with Gasteiger partial charge in [0.05, 0.1) is 17.5 Å². The second-order valence-electron chi connectivity index (χ2n) is 5.34. The molecule has 3 rings (SSSR count). The standard InChI is InChI=1S/C16H21N3OS/c1-11-14(10-17)16(21-15-8-9-20-12(15)2)19(18-11)13-6-4-3-5-7-13/h3-7,12,15H,8-10,17H2,1-2H3. The van der Waals surface area contributed by atoms with Crippen LogP contribution in [-0.4, -0.2) is 27.7 Å². The van der Waals surface area contributed by atoms with E-state index in [9.17, 15) is 0 Å². The Labute approximate surface area is 129 Å². The average molecular weight is 303 g/mol. The highest BCUT2D eigenvalue weighted by atomic mass is 32.2. The van der Waals surface area contributed by atoms with Crippen LogP contribution in [0.2, 0.25) is 0 Å². The van der Waals surface area contributed by atoms with Gasteiger partial charge in [-0.1, -0.05) is 30.0 Å². The molecule has 1 aromatic carbocycles. The topological polar surface area (TPSA) is 53.1 Å². The Hall–Kier alpha value is -1.30. The van der Waals surface area contributed by atoms with Crippen LogP contribution in [0.4, 0.5) is 0 Å². The van der Waals surface area contributed by atoms with E-state index in [1.807, 2.05) is 41.6 Å². The van der Waals surface area contributed by atoms with Gasteiger partial charge in [0.15, 0.2) is 0 Å². The summed E-state index contributed by atoms with van der Waals surface area (Å²) in [6, 6.07) is 10.2. The van der Waals surface area contributed by atoms with Crippen LogP contribution in [0.3, 0.4) is 0 Å². The van der Waals surface area contributed by atoms with Crippen molar-refractivity contribution in [1.29, 1.82) is 0 Å². The quantitative estimate of drug-likeness (QED) is 0.943. The number of para-hydroxylation sites is 1. The fourth-order valence-corrected chi connectivity index (χ4v) is 4.04. The lowest BCUT2D eigenvalue weighted by molar-refractivity contribution is 0.127. The van der Waals surface area contributed by atoms with Crippen LogP contribution in [0.5, 0.6) is 0 Å². The molecule has 2 atom stereocenters. The molecule has 0 bridgehead atoms. The first kappa shape index (κ1) is 14.6. The normalized spacial score (nSPS) is 21.9. The minimum Gasteiger partial charge on any atom is -0.377 e. The number of rotatable bonds is 4. The SMILES string of the molecule is Cc1nn(-c2ccccc2)c(SC2CCOC2C)c1CN. The molecule has 0 saturated carbocycles. The summed E-state index contributed by atoms with van der Waals surface area (Å²) in [5, 5.41) is 6.32. The van der Waals surface area contributed by atoms with E-state index in [-0.39, 0.29) is 6.10 Å². The van der Waals surface area contributed by atoms with Gasteiger partial charge in [0.25, 0.3) is 0 Å². The molecule has 4 nitrogen and oxygen atoms in total. The molecular formula is C16H21N3OS. The zero-order valence-corrected chi connectivity index (χ0v) is 13.3. The van der Waals surface area contributed by atoms with E-state index < -0.39 is 0 Å². The van der Waals surface area contributed by atoms with Crippen molar-refractivity contribution in [1.82, 2.24) is 9.78 Å². The monoisotopic (exact) mass is 303 g/mol. The van der Waals surface area contributed by atoms with Gasteiger partial charge in [0.1, 0.15) is 5.03 Å². The maximum atomic E-state index is 5.95. The van der Waals surface area contributed by atoms with Gasteiger partial charge in [-0.15, -0.1) is 0 Å². The van der Waals surface area contributed by atoms with E-state index in [1.165, 1.54) is 0 Å². The number of hydrogen-bond acceptors (Lipinski definition) is 4. The number of nitrogens with zero attached hydrogens (tertiary/aromatic N) is 2. The molecule has 2 heterocycles. The molecule has 0 amide bonds. The van der Waals surface area contributed by atoms with Crippen LogP contribution < -0.4 is 5.73 Å². The summed E-state index contributed by atoms with van der Waals surface area (Å²) in [6.07, 6.45) is 1.36. The minimum atomic E-state index is 0.278. The summed E-state index contributed by atoms with van der Waals surface area (Å²) in [7, 11) is 0. The van der Waals surface area contributed by atoms with Gasteiger partial charge in [-0.25, -0.2) is 4.68 Å². The van der Waals surface area contributed by atoms with E-state index in [0.29, 0.717) is 11.8 Å². The molecule has 1 aliphatic rings. The Morgan fingerprint density at radius 3 is 2.76 bits per heavy atom. The van der Waals surface area contributed by atoms with Gasteiger partial charge in [-0.3, -0.25) is 0 Å². The lowest BCUT2D eigenvalue weighted by Crippen LogP contribution is -2.15. The molecule has 5 heteroatoms. The van der Waals surface area contributed by atoms with Crippen LogP contribution in [0.25, 0.3) is 5.69 Å². The van der Waals surface area contributed by atoms with E-state index >= 15 is 0 Å². The Morgan fingerprint density at radius 2 is 2.14 bits per heavy atom. The van der Waals surface area contributed by atoms with Crippen LogP contribution in [0.1, 0.15) is 24.6 Å². The van der Waals surface area contributed by atoms with E-state index in [1.54, 1.807) is 0 Å². The lowest BCUT2D eigenvalue weighted by atomic mass is 10.2. The van der Waals surface area contributed by atoms with Crippen molar-refractivity contribution in [3.8, 4) is 5.69 Å². The zero-order valence-electron chi connectivity index (χ0n) is 12.5. The molecule has 0 aliphatic carbocycles. The molecular weight excluding hydrogens is 282 g/mol. The summed E-state index contributed by atoms with van der Waals surface area (Å²) >= 11 is 1.85. The molecule has 1 aromatic heterocycles. The third kappa shape index (κ3) is 2.86. The molecule has 21 heavy (non-hydrogen) atoms. The second kappa shape index (κ2) is 6.22. The van der Waals surface area contributed by atoms with Crippen molar-refractivity contribution in [2.45, 2.75) is 43.2 Å². The maximum absolute atomic E-state index is 5.95. The Kier molecular flexibility index (Phi) is 4.33. The number of hydrogen-bond donors (Lipinski definition) is 1. The molecule has 112 valence electrons. The number of nitrogens with two attached hydrogens (primary N) is 1. The smallest absolute Gasteiger partial charge is 0.105 e. The number of benzene rings is 1. The lowest BCUT2D eigenvalue weighted by Gasteiger charge is -2.16. The molecule has 1 fully saturated rings. The van der Waals surface area contributed by atoms with Gasteiger partial charge < -0.3 is 10.5 Å². The van der Waals surface area contributed by atoms with Gasteiger partial charge in [-0.05, 0) is 32.4 Å². The van der Waals surface area contributed by atoms with Crippen molar-refractivity contribution in [3.05, 3.63) is 41.6 Å². The van der Waals surface area contributed by atoms with E-state index in [4.69, 9.17) is 15.6 Å². The third-order valence-electron chi connectivity index (χ3n) is 3.91. The van der Waals surface area contributed by atoms with Gasteiger partial charge in [0, 0.05) is 24.0 Å². The zero-order chi connectivity index (χ0) is 14.8. The fraction of sp³-hybridized carbons (Fsp3) is 0.438. The van der Waals surface area contributed by atoms with Crippen molar-refractivity contribution in [3.63, 3.8) is 0 Å². The van der Waals surface area contributed by atoms with Gasteiger partial charge in [-0.2, -0.15) is 5.10 Å². The summed E-state index contributed by atoms with van der Waals surface area (Å²) in [4.78, 5) is 0. The highest BCUT2D eigenvalue weighted by molar-refractivity contribution is 8.00. The number of aryl methyl sites for hydroxylation is 1. The summed E-state index contributed by atoms with van der Waals surface area (Å²) in [5.74, 6) is 0. The van der Waals surface area contributed by atoms with Crippen LogP contribution >= 0.6 is 11.8 Å². The molecule has 2 unspecified atom stereocenters. The molecule has 1 aliphatic heterocycles. The predicted molar refractivity (Wildman–Crippen MR) is 85.9 cm³/mol. The number of thioether (sulfide) groups is 1. The minimum absolute atomic E-state index is 0.278. The second-order valence-corrected chi connectivity index (χ2v) is 6.57. The van der Waals surface area contributed by atoms with Crippen LogP contribution in [0.15, 0.2) is 35.4 Å². The van der Waals surface area contributed by atoms with Crippen LogP contribution in [-0.2, 0) is 11.3 Å². The molecule has 2 N–H and O–H groups in total. The highest BCUT2D eigenvalue weighted by Gasteiger charge is 2.28. The first-order chi connectivity index (χ1) is 10.2. The first-order valence-corrected chi connectivity index (χ1v) is 8.21. The summed E-state index contributed by atoms with van der Waals surface area (Å²) in [6.45, 7) is 5.53. The van der Waals surface area contributed by atoms with Crippen molar-refractivity contribution < 1.29 is 4.74 Å². The van der Waals surface area contributed by atoms with Gasteiger partial charge >= 0.3 is 0 Å². The average Bonchev–Trinajstić information content (AvgIpc) is 3.04. The van der Waals surface area contributed by atoms with Crippen LogP contribution in [0, 0.1) is 6.92 Å². The molecule has 1 saturated heterocycles. The molecule has 0 radical (unpaired) electrons. The summed E-state index contributed by atoms with van der Waals surface area (Å²) < 4.78 is 7.70. The summed E-state index contributed by atoms with van der Waals surface area (Å²) in [5.41, 5.74) is 9.18. The number of aromatic nitrogens is 2. The largest absolute Gasteiger partial charge is 0.377 e. The van der Waals surface area contributed by atoms with E-state index in [0.717, 1.165) is 35.0 Å².